The lowest BCUT2D eigenvalue weighted by molar-refractivity contribution is 0.360. The third-order valence-corrected chi connectivity index (χ3v) is 2.43. The lowest BCUT2D eigenvalue weighted by Gasteiger charge is -2.05. The van der Waals surface area contributed by atoms with E-state index in [1.54, 1.807) is 6.92 Å². The van der Waals surface area contributed by atoms with Crippen molar-refractivity contribution in [1.82, 2.24) is 0 Å². The molecule has 1 unspecified atom stereocenters. The first-order chi connectivity index (χ1) is 7.22. The number of unbranched alkanes of at least 4 members (excludes halogenated alkanes) is 1. The van der Waals surface area contributed by atoms with Crippen molar-refractivity contribution in [3.05, 3.63) is 35.4 Å². The fourth-order valence-electron chi connectivity index (χ4n) is 1.71. The molecule has 84 valence electrons. The maximum atomic E-state index is 12.8. The highest BCUT2D eigenvalue weighted by molar-refractivity contribution is 5.24. The summed E-state index contributed by atoms with van der Waals surface area (Å²) in [4.78, 5) is 0. The molecule has 1 nitrogen and oxygen atoms in total. The largest absolute Gasteiger partial charge is 0.330 e. The minimum Gasteiger partial charge on any atom is -0.330 e. The summed E-state index contributed by atoms with van der Waals surface area (Å²) in [7, 11) is 0. The van der Waals surface area contributed by atoms with Crippen LogP contribution in [0.2, 0.25) is 0 Å². The number of alkyl halides is 1. The standard InChI is InChI=1S/C13H20FN/c1-11(14)9-13-7-4-6-12(10-13)5-2-3-8-15/h4,6-7,10-11H,2-3,5,8-9,15H2,1H3. The van der Waals surface area contributed by atoms with Crippen molar-refractivity contribution in [2.75, 3.05) is 6.54 Å². The number of benzene rings is 1. The van der Waals surface area contributed by atoms with Crippen LogP contribution in [-0.4, -0.2) is 12.7 Å². The molecule has 1 rings (SSSR count). The topological polar surface area (TPSA) is 26.0 Å². The molecule has 2 heteroatoms. The maximum absolute atomic E-state index is 12.8. The van der Waals surface area contributed by atoms with Crippen LogP contribution in [0.3, 0.4) is 0 Å². The molecule has 0 aromatic heterocycles. The van der Waals surface area contributed by atoms with Crippen LogP contribution in [0, 0.1) is 0 Å². The van der Waals surface area contributed by atoms with Gasteiger partial charge in [0.25, 0.3) is 0 Å². The average Bonchev–Trinajstić information content (AvgIpc) is 2.18. The summed E-state index contributed by atoms with van der Waals surface area (Å²) in [5.74, 6) is 0. The van der Waals surface area contributed by atoms with Crippen LogP contribution >= 0.6 is 0 Å². The van der Waals surface area contributed by atoms with Gasteiger partial charge in [-0.3, -0.25) is 0 Å². The average molecular weight is 209 g/mol. The van der Waals surface area contributed by atoms with E-state index in [1.165, 1.54) is 5.56 Å². The molecule has 2 N–H and O–H groups in total. The quantitative estimate of drug-likeness (QED) is 0.716. The summed E-state index contributed by atoms with van der Waals surface area (Å²) >= 11 is 0. The number of nitrogens with two attached hydrogens (primary N) is 1. The van der Waals surface area contributed by atoms with Gasteiger partial charge in [-0.05, 0) is 43.9 Å². The van der Waals surface area contributed by atoms with E-state index in [0.717, 1.165) is 31.4 Å². The number of aryl methyl sites for hydroxylation is 1. The molecule has 0 aliphatic rings. The number of rotatable bonds is 6. The smallest absolute Gasteiger partial charge is 0.101 e. The second-order valence-electron chi connectivity index (χ2n) is 4.05. The van der Waals surface area contributed by atoms with Crippen molar-refractivity contribution in [2.45, 2.75) is 38.8 Å². The van der Waals surface area contributed by atoms with Crippen LogP contribution in [0.25, 0.3) is 0 Å². The molecule has 0 saturated carbocycles. The van der Waals surface area contributed by atoms with E-state index >= 15 is 0 Å². The molecule has 0 aliphatic carbocycles. The van der Waals surface area contributed by atoms with Crippen molar-refractivity contribution in [3.63, 3.8) is 0 Å². The molecule has 0 spiro atoms. The molecule has 0 bridgehead atoms. The summed E-state index contributed by atoms with van der Waals surface area (Å²) in [6.45, 7) is 2.35. The zero-order valence-electron chi connectivity index (χ0n) is 9.38. The Morgan fingerprint density at radius 1 is 1.27 bits per heavy atom. The third kappa shape index (κ3) is 4.93. The van der Waals surface area contributed by atoms with Crippen molar-refractivity contribution in [3.8, 4) is 0 Å². The summed E-state index contributed by atoms with van der Waals surface area (Å²) in [5.41, 5.74) is 7.82. The van der Waals surface area contributed by atoms with Gasteiger partial charge in [0.15, 0.2) is 0 Å². The summed E-state index contributed by atoms with van der Waals surface area (Å²) < 4.78 is 12.8. The Bertz CT molecular complexity index is 284. The van der Waals surface area contributed by atoms with Gasteiger partial charge < -0.3 is 5.73 Å². The van der Waals surface area contributed by atoms with Crippen LogP contribution in [-0.2, 0) is 12.8 Å². The first-order valence-corrected chi connectivity index (χ1v) is 5.64. The van der Waals surface area contributed by atoms with Crippen LogP contribution < -0.4 is 5.73 Å². The fourth-order valence-corrected chi connectivity index (χ4v) is 1.71. The van der Waals surface area contributed by atoms with Crippen LogP contribution in [0.1, 0.15) is 30.9 Å². The molecule has 0 heterocycles. The van der Waals surface area contributed by atoms with E-state index < -0.39 is 6.17 Å². The predicted octanol–water partition coefficient (Wildman–Crippen LogP) is 2.87. The summed E-state index contributed by atoms with van der Waals surface area (Å²) in [6.07, 6.45) is 2.98. The molecule has 15 heavy (non-hydrogen) atoms. The Kier molecular flexibility index (Phi) is 5.33. The number of hydrogen-bond acceptors (Lipinski definition) is 1. The van der Waals surface area contributed by atoms with Gasteiger partial charge in [0.2, 0.25) is 0 Å². The van der Waals surface area contributed by atoms with Gasteiger partial charge in [-0.15, -0.1) is 0 Å². The van der Waals surface area contributed by atoms with E-state index in [9.17, 15) is 4.39 Å². The number of hydrogen-bond donors (Lipinski definition) is 1. The molecule has 1 atom stereocenters. The highest BCUT2D eigenvalue weighted by Gasteiger charge is 2.01. The van der Waals surface area contributed by atoms with E-state index in [4.69, 9.17) is 5.73 Å². The van der Waals surface area contributed by atoms with Crippen molar-refractivity contribution in [1.29, 1.82) is 0 Å². The normalized spacial score (nSPS) is 12.7. The Balaban J connectivity index is 2.50. The Morgan fingerprint density at radius 2 is 2.00 bits per heavy atom. The van der Waals surface area contributed by atoms with Crippen LogP contribution in [0.15, 0.2) is 24.3 Å². The summed E-state index contributed by atoms with van der Waals surface area (Å²) in [6, 6.07) is 8.20. The first kappa shape index (κ1) is 12.2. The Morgan fingerprint density at radius 3 is 2.67 bits per heavy atom. The van der Waals surface area contributed by atoms with E-state index in [1.807, 2.05) is 12.1 Å². The zero-order chi connectivity index (χ0) is 11.1. The maximum Gasteiger partial charge on any atom is 0.101 e. The van der Waals surface area contributed by atoms with Crippen LogP contribution in [0.4, 0.5) is 4.39 Å². The molecule has 1 aromatic carbocycles. The lowest BCUT2D eigenvalue weighted by Crippen LogP contribution is -2.00. The van der Waals surface area contributed by atoms with Gasteiger partial charge >= 0.3 is 0 Å². The first-order valence-electron chi connectivity index (χ1n) is 5.64. The molecular formula is C13H20FN. The SMILES string of the molecule is CC(F)Cc1cccc(CCCCN)c1. The summed E-state index contributed by atoms with van der Waals surface area (Å²) in [5, 5.41) is 0. The van der Waals surface area contributed by atoms with Gasteiger partial charge in [0.05, 0.1) is 0 Å². The minimum absolute atomic E-state index is 0.519. The van der Waals surface area contributed by atoms with Gasteiger partial charge in [0.1, 0.15) is 6.17 Å². The fraction of sp³-hybridized carbons (Fsp3) is 0.538. The minimum atomic E-state index is -0.760. The molecule has 0 aliphatic heterocycles. The van der Waals surface area contributed by atoms with Gasteiger partial charge in [-0.2, -0.15) is 0 Å². The Hall–Kier alpha value is -0.890. The Labute approximate surface area is 91.5 Å². The molecular weight excluding hydrogens is 189 g/mol. The molecule has 0 amide bonds. The van der Waals surface area contributed by atoms with E-state index in [0.29, 0.717) is 6.42 Å². The van der Waals surface area contributed by atoms with Crippen molar-refractivity contribution < 1.29 is 4.39 Å². The molecule has 0 radical (unpaired) electrons. The van der Waals surface area contributed by atoms with Crippen molar-refractivity contribution >= 4 is 0 Å². The van der Waals surface area contributed by atoms with Gasteiger partial charge in [0, 0.05) is 6.42 Å². The zero-order valence-corrected chi connectivity index (χ0v) is 9.38. The van der Waals surface area contributed by atoms with Gasteiger partial charge in [-0.1, -0.05) is 24.3 Å². The second kappa shape index (κ2) is 6.57. The van der Waals surface area contributed by atoms with Gasteiger partial charge in [-0.25, -0.2) is 4.39 Å². The molecule has 0 saturated heterocycles. The lowest BCUT2D eigenvalue weighted by atomic mass is 10.0. The molecule has 0 fully saturated rings. The van der Waals surface area contributed by atoms with Crippen molar-refractivity contribution in [2.24, 2.45) is 5.73 Å². The highest BCUT2D eigenvalue weighted by Crippen LogP contribution is 2.11. The second-order valence-corrected chi connectivity index (χ2v) is 4.05. The van der Waals surface area contributed by atoms with Crippen LogP contribution in [0.5, 0.6) is 0 Å². The predicted molar refractivity (Wildman–Crippen MR) is 62.7 cm³/mol. The number of halogens is 1. The third-order valence-electron chi connectivity index (χ3n) is 2.43. The van der Waals surface area contributed by atoms with E-state index in [-0.39, 0.29) is 0 Å². The van der Waals surface area contributed by atoms with E-state index in [2.05, 4.69) is 12.1 Å². The molecule has 1 aromatic rings. The monoisotopic (exact) mass is 209 g/mol. The highest BCUT2D eigenvalue weighted by atomic mass is 19.1.